The molecule has 0 aliphatic carbocycles. The van der Waals surface area contributed by atoms with Crippen molar-refractivity contribution in [2.24, 2.45) is 0 Å². The standard InChI is InChI=1S/C19H24N2O2S/c1-5-16(14-8-6-13(2)7-9-14)21-19(24)20-15-10-11-17(22-3)18(12-15)23-4/h6-12,16H,5H2,1-4H3,(H2,20,21,24). The Hall–Kier alpha value is -2.27. The van der Waals surface area contributed by atoms with Gasteiger partial charge in [-0.1, -0.05) is 36.8 Å². The van der Waals surface area contributed by atoms with Gasteiger partial charge in [0.2, 0.25) is 0 Å². The van der Waals surface area contributed by atoms with Gasteiger partial charge in [-0.2, -0.15) is 0 Å². The largest absolute Gasteiger partial charge is 0.493 e. The van der Waals surface area contributed by atoms with Gasteiger partial charge in [-0.25, -0.2) is 0 Å². The van der Waals surface area contributed by atoms with Crippen molar-refractivity contribution in [2.45, 2.75) is 26.3 Å². The maximum atomic E-state index is 5.45. The highest BCUT2D eigenvalue weighted by atomic mass is 32.1. The molecule has 0 radical (unpaired) electrons. The molecule has 2 N–H and O–H groups in total. The molecular formula is C19H24N2O2S. The minimum absolute atomic E-state index is 0.172. The third kappa shape index (κ3) is 4.61. The molecule has 0 aromatic heterocycles. The molecule has 0 saturated carbocycles. The molecule has 0 bridgehead atoms. The highest BCUT2D eigenvalue weighted by Crippen LogP contribution is 2.29. The van der Waals surface area contributed by atoms with E-state index < -0.39 is 0 Å². The van der Waals surface area contributed by atoms with Gasteiger partial charge >= 0.3 is 0 Å². The Balaban J connectivity index is 2.05. The lowest BCUT2D eigenvalue weighted by Gasteiger charge is -2.20. The Kier molecular flexibility index (Phi) is 6.44. The molecule has 2 aromatic carbocycles. The van der Waals surface area contributed by atoms with E-state index in [0.29, 0.717) is 16.6 Å². The van der Waals surface area contributed by atoms with Crippen LogP contribution in [0.3, 0.4) is 0 Å². The maximum absolute atomic E-state index is 5.45. The van der Waals surface area contributed by atoms with Gasteiger partial charge in [-0.15, -0.1) is 0 Å². The van der Waals surface area contributed by atoms with E-state index in [1.807, 2.05) is 18.2 Å². The monoisotopic (exact) mass is 344 g/mol. The fourth-order valence-electron chi connectivity index (χ4n) is 2.46. The first-order chi connectivity index (χ1) is 11.6. The lowest BCUT2D eigenvalue weighted by Crippen LogP contribution is -2.32. The second-order valence-corrected chi connectivity index (χ2v) is 5.95. The molecule has 1 unspecified atom stereocenters. The van der Waals surface area contributed by atoms with Crippen LogP contribution in [0.15, 0.2) is 42.5 Å². The third-order valence-corrected chi connectivity index (χ3v) is 4.05. The molecule has 0 amide bonds. The van der Waals surface area contributed by atoms with E-state index in [2.05, 4.69) is 48.7 Å². The van der Waals surface area contributed by atoms with Crippen molar-refractivity contribution in [1.29, 1.82) is 0 Å². The summed E-state index contributed by atoms with van der Waals surface area (Å²) in [6.45, 7) is 4.22. The van der Waals surface area contributed by atoms with Crippen molar-refractivity contribution < 1.29 is 9.47 Å². The van der Waals surface area contributed by atoms with E-state index in [4.69, 9.17) is 21.7 Å². The van der Waals surface area contributed by atoms with Crippen molar-refractivity contribution >= 4 is 23.0 Å². The Bertz CT molecular complexity index is 686. The van der Waals surface area contributed by atoms with Crippen LogP contribution in [0.5, 0.6) is 11.5 Å². The van der Waals surface area contributed by atoms with Gasteiger partial charge in [0.15, 0.2) is 16.6 Å². The number of aryl methyl sites for hydroxylation is 1. The zero-order valence-corrected chi connectivity index (χ0v) is 15.4. The normalized spacial score (nSPS) is 11.5. The molecule has 1 atom stereocenters. The number of benzene rings is 2. The molecule has 2 aromatic rings. The number of methoxy groups -OCH3 is 2. The predicted octanol–water partition coefficient (Wildman–Crippen LogP) is 4.45. The van der Waals surface area contributed by atoms with Crippen molar-refractivity contribution in [3.05, 3.63) is 53.6 Å². The van der Waals surface area contributed by atoms with Gasteiger partial charge in [-0.05, 0) is 43.3 Å². The fourth-order valence-corrected chi connectivity index (χ4v) is 2.72. The molecule has 4 nitrogen and oxygen atoms in total. The topological polar surface area (TPSA) is 42.5 Å². The van der Waals surface area contributed by atoms with Crippen LogP contribution in [0.2, 0.25) is 0 Å². The van der Waals surface area contributed by atoms with E-state index in [1.54, 1.807) is 14.2 Å². The third-order valence-electron chi connectivity index (χ3n) is 3.83. The SMILES string of the molecule is CCC(NC(=S)Nc1ccc(OC)c(OC)c1)c1ccc(C)cc1. The van der Waals surface area contributed by atoms with E-state index in [9.17, 15) is 0 Å². The molecule has 128 valence electrons. The predicted molar refractivity (Wildman–Crippen MR) is 103 cm³/mol. The lowest BCUT2D eigenvalue weighted by atomic mass is 10.0. The summed E-state index contributed by atoms with van der Waals surface area (Å²) in [5, 5.41) is 7.14. The van der Waals surface area contributed by atoms with Crippen LogP contribution in [-0.2, 0) is 0 Å². The first kappa shape index (κ1) is 18.1. The molecule has 0 fully saturated rings. The van der Waals surface area contributed by atoms with Crippen LogP contribution in [-0.4, -0.2) is 19.3 Å². The zero-order valence-electron chi connectivity index (χ0n) is 14.6. The number of anilines is 1. The number of hydrogen-bond donors (Lipinski definition) is 2. The summed E-state index contributed by atoms with van der Waals surface area (Å²) in [6, 6.07) is 14.3. The second kappa shape index (κ2) is 8.55. The molecule has 24 heavy (non-hydrogen) atoms. The molecule has 5 heteroatoms. The Morgan fingerprint density at radius 2 is 1.71 bits per heavy atom. The van der Waals surface area contributed by atoms with Crippen molar-refractivity contribution in [3.63, 3.8) is 0 Å². The van der Waals surface area contributed by atoms with Crippen LogP contribution in [0.1, 0.15) is 30.5 Å². The number of ether oxygens (including phenoxy) is 2. The number of rotatable bonds is 6. The maximum Gasteiger partial charge on any atom is 0.171 e. The average molecular weight is 344 g/mol. The lowest BCUT2D eigenvalue weighted by molar-refractivity contribution is 0.355. The molecule has 0 heterocycles. The van der Waals surface area contributed by atoms with Crippen LogP contribution in [0.4, 0.5) is 5.69 Å². The van der Waals surface area contributed by atoms with Crippen LogP contribution >= 0.6 is 12.2 Å². The molecule has 0 spiro atoms. The quantitative estimate of drug-likeness (QED) is 0.758. The van der Waals surface area contributed by atoms with Gasteiger partial charge in [0.25, 0.3) is 0 Å². The minimum atomic E-state index is 0.172. The van der Waals surface area contributed by atoms with Crippen molar-refractivity contribution in [2.75, 3.05) is 19.5 Å². The van der Waals surface area contributed by atoms with Crippen LogP contribution in [0.25, 0.3) is 0 Å². The molecule has 0 aliphatic heterocycles. The summed E-state index contributed by atoms with van der Waals surface area (Å²) in [4.78, 5) is 0. The highest BCUT2D eigenvalue weighted by molar-refractivity contribution is 7.80. The molecular weight excluding hydrogens is 320 g/mol. The first-order valence-electron chi connectivity index (χ1n) is 7.93. The first-order valence-corrected chi connectivity index (χ1v) is 8.34. The van der Waals surface area contributed by atoms with Gasteiger partial charge in [0, 0.05) is 11.8 Å². The fraction of sp³-hybridized carbons (Fsp3) is 0.316. The average Bonchev–Trinajstić information content (AvgIpc) is 2.60. The van der Waals surface area contributed by atoms with E-state index in [-0.39, 0.29) is 6.04 Å². The summed E-state index contributed by atoms with van der Waals surface area (Å²) in [6.07, 6.45) is 0.941. The summed E-state index contributed by atoms with van der Waals surface area (Å²) in [5.41, 5.74) is 3.32. The summed E-state index contributed by atoms with van der Waals surface area (Å²) >= 11 is 5.45. The molecule has 0 aliphatic rings. The highest BCUT2D eigenvalue weighted by Gasteiger charge is 2.11. The molecule has 0 saturated heterocycles. The number of nitrogens with one attached hydrogen (secondary N) is 2. The van der Waals surface area contributed by atoms with Crippen molar-refractivity contribution in [1.82, 2.24) is 5.32 Å². The Morgan fingerprint density at radius 3 is 2.29 bits per heavy atom. The van der Waals surface area contributed by atoms with Gasteiger partial charge in [0.05, 0.1) is 20.3 Å². The van der Waals surface area contributed by atoms with Gasteiger partial charge in [0.1, 0.15) is 0 Å². The zero-order chi connectivity index (χ0) is 17.5. The van der Waals surface area contributed by atoms with Gasteiger partial charge < -0.3 is 20.1 Å². The van der Waals surface area contributed by atoms with E-state index in [1.165, 1.54) is 11.1 Å². The van der Waals surface area contributed by atoms with Gasteiger partial charge in [-0.3, -0.25) is 0 Å². The van der Waals surface area contributed by atoms with E-state index in [0.717, 1.165) is 12.1 Å². The van der Waals surface area contributed by atoms with Crippen LogP contribution in [0, 0.1) is 6.92 Å². The van der Waals surface area contributed by atoms with E-state index >= 15 is 0 Å². The number of hydrogen-bond acceptors (Lipinski definition) is 3. The Labute approximate surface area is 149 Å². The van der Waals surface area contributed by atoms with Crippen LogP contribution < -0.4 is 20.1 Å². The minimum Gasteiger partial charge on any atom is -0.493 e. The second-order valence-electron chi connectivity index (χ2n) is 5.54. The summed E-state index contributed by atoms with van der Waals surface area (Å²) in [7, 11) is 3.23. The summed E-state index contributed by atoms with van der Waals surface area (Å²) < 4.78 is 10.6. The smallest absolute Gasteiger partial charge is 0.171 e. The Morgan fingerprint density at radius 1 is 1.04 bits per heavy atom. The summed E-state index contributed by atoms with van der Waals surface area (Å²) in [5.74, 6) is 1.35. The number of thiocarbonyl (C=S) groups is 1. The van der Waals surface area contributed by atoms with Crippen molar-refractivity contribution in [3.8, 4) is 11.5 Å². The molecule has 2 rings (SSSR count).